The fraction of sp³-hybridized carbons (Fsp3) is 0.462. The van der Waals surface area contributed by atoms with E-state index in [0.717, 1.165) is 6.07 Å². The molecule has 1 rings (SSSR count). The summed E-state index contributed by atoms with van der Waals surface area (Å²) >= 11 is 0. The van der Waals surface area contributed by atoms with Gasteiger partial charge in [-0.2, -0.15) is 13.2 Å². The number of benzene rings is 1. The quantitative estimate of drug-likeness (QED) is 0.798. The summed E-state index contributed by atoms with van der Waals surface area (Å²) in [5.74, 6) is 0.0265. The SMILES string of the molecule is CC(CN)C(C)NC(=O)Nc1ccccc1C(F)(F)F. The van der Waals surface area contributed by atoms with Gasteiger partial charge in [0.25, 0.3) is 0 Å². The van der Waals surface area contributed by atoms with Crippen LogP contribution in [0.1, 0.15) is 19.4 Å². The largest absolute Gasteiger partial charge is 0.418 e. The van der Waals surface area contributed by atoms with Crippen LogP contribution in [0.4, 0.5) is 23.7 Å². The standard InChI is InChI=1S/C13H18F3N3O/c1-8(7-17)9(2)18-12(20)19-11-6-4-3-5-10(11)13(14,15)16/h3-6,8-9H,7,17H2,1-2H3,(H2,18,19,20). The van der Waals surface area contributed by atoms with Crippen LogP contribution in [0, 0.1) is 5.92 Å². The maximum atomic E-state index is 12.8. The van der Waals surface area contributed by atoms with Gasteiger partial charge in [-0.25, -0.2) is 4.79 Å². The average molecular weight is 289 g/mol. The van der Waals surface area contributed by atoms with Crippen LogP contribution in [-0.4, -0.2) is 18.6 Å². The number of alkyl halides is 3. The summed E-state index contributed by atoms with van der Waals surface area (Å²) in [4.78, 5) is 11.7. The second-order valence-corrected chi connectivity index (χ2v) is 4.64. The molecule has 7 heteroatoms. The summed E-state index contributed by atoms with van der Waals surface area (Å²) in [6.45, 7) is 3.96. The van der Waals surface area contributed by atoms with Crippen molar-refractivity contribution in [3.8, 4) is 0 Å². The van der Waals surface area contributed by atoms with E-state index in [4.69, 9.17) is 5.73 Å². The van der Waals surface area contributed by atoms with Crippen LogP contribution in [0.15, 0.2) is 24.3 Å². The fourth-order valence-electron chi connectivity index (χ4n) is 1.55. The van der Waals surface area contributed by atoms with Gasteiger partial charge in [0, 0.05) is 6.04 Å². The minimum atomic E-state index is -4.51. The zero-order chi connectivity index (χ0) is 15.3. The predicted octanol–water partition coefficient (Wildman–Crippen LogP) is 2.81. The van der Waals surface area contributed by atoms with E-state index in [-0.39, 0.29) is 17.6 Å². The topological polar surface area (TPSA) is 67.1 Å². The zero-order valence-corrected chi connectivity index (χ0v) is 11.3. The molecule has 2 unspecified atom stereocenters. The molecular formula is C13H18F3N3O. The van der Waals surface area contributed by atoms with Gasteiger partial charge in [-0.1, -0.05) is 19.1 Å². The number of nitrogens with one attached hydrogen (secondary N) is 2. The first-order chi connectivity index (χ1) is 9.25. The molecule has 112 valence electrons. The molecule has 0 bridgehead atoms. The van der Waals surface area contributed by atoms with E-state index in [1.165, 1.54) is 18.2 Å². The molecular weight excluding hydrogens is 271 g/mol. The molecule has 0 aliphatic rings. The number of hydrogen-bond donors (Lipinski definition) is 3. The number of halogens is 3. The van der Waals surface area contributed by atoms with Crippen LogP contribution in [-0.2, 0) is 6.18 Å². The summed E-state index contributed by atoms with van der Waals surface area (Å²) < 4.78 is 38.3. The van der Waals surface area contributed by atoms with Crippen molar-refractivity contribution >= 4 is 11.7 Å². The van der Waals surface area contributed by atoms with Gasteiger partial charge in [0.1, 0.15) is 0 Å². The molecule has 2 atom stereocenters. The van der Waals surface area contributed by atoms with Gasteiger partial charge < -0.3 is 16.4 Å². The van der Waals surface area contributed by atoms with Crippen molar-refractivity contribution in [3.63, 3.8) is 0 Å². The number of urea groups is 1. The van der Waals surface area contributed by atoms with Crippen LogP contribution < -0.4 is 16.4 Å². The molecule has 0 radical (unpaired) electrons. The van der Waals surface area contributed by atoms with Gasteiger partial charge in [-0.15, -0.1) is 0 Å². The van der Waals surface area contributed by atoms with Crippen LogP contribution in [0.5, 0.6) is 0 Å². The molecule has 1 aromatic rings. The number of anilines is 1. The molecule has 0 aromatic heterocycles. The molecule has 0 aliphatic carbocycles. The smallest absolute Gasteiger partial charge is 0.335 e. The zero-order valence-electron chi connectivity index (χ0n) is 11.3. The van der Waals surface area contributed by atoms with Crippen molar-refractivity contribution in [2.45, 2.75) is 26.1 Å². The lowest BCUT2D eigenvalue weighted by Crippen LogP contribution is -2.42. The maximum absolute atomic E-state index is 12.8. The first-order valence-electron chi connectivity index (χ1n) is 6.19. The van der Waals surface area contributed by atoms with Crippen LogP contribution in [0.25, 0.3) is 0 Å². The van der Waals surface area contributed by atoms with E-state index in [1.54, 1.807) is 6.92 Å². The molecule has 1 aromatic carbocycles. The molecule has 0 fully saturated rings. The Balaban J connectivity index is 2.77. The fourth-order valence-corrected chi connectivity index (χ4v) is 1.55. The lowest BCUT2D eigenvalue weighted by molar-refractivity contribution is -0.136. The third-order valence-electron chi connectivity index (χ3n) is 3.06. The number of amides is 2. The van der Waals surface area contributed by atoms with Gasteiger partial charge in [0.05, 0.1) is 11.3 Å². The number of carbonyl (C=O) groups is 1. The lowest BCUT2D eigenvalue weighted by Gasteiger charge is -2.21. The van der Waals surface area contributed by atoms with Gasteiger partial charge in [0.2, 0.25) is 0 Å². The molecule has 20 heavy (non-hydrogen) atoms. The predicted molar refractivity (Wildman–Crippen MR) is 71.3 cm³/mol. The third-order valence-corrected chi connectivity index (χ3v) is 3.06. The van der Waals surface area contributed by atoms with Gasteiger partial charge in [0.15, 0.2) is 0 Å². The third kappa shape index (κ3) is 4.41. The van der Waals surface area contributed by atoms with E-state index in [9.17, 15) is 18.0 Å². The molecule has 0 spiro atoms. The summed E-state index contributed by atoms with van der Waals surface area (Å²) in [5.41, 5.74) is 4.31. The minimum absolute atomic E-state index is 0.0265. The van der Waals surface area contributed by atoms with Crippen molar-refractivity contribution in [3.05, 3.63) is 29.8 Å². The van der Waals surface area contributed by atoms with Crippen molar-refractivity contribution in [2.24, 2.45) is 11.7 Å². The highest BCUT2D eigenvalue weighted by molar-refractivity contribution is 5.90. The van der Waals surface area contributed by atoms with Crippen molar-refractivity contribution in [2.75, 3.05) is 11.9 Å². The summed E-state index contributed by atoms with van der Waals surface area (Å²) in [7, 11) is 0. The Bertz CT molecular complexity index is 462. The summed E-state index contributed by atoms with van der Waals surface area (Å²) in [6, 6.07) is 3.90. The van der Waals surface area contributed by atoms with Crippen molar-refractivity contribution in [1.29, 1.82) is 0 Å². The monoisotopic (exact) mass is 289 g/mol. The highest BCUT2D eigenvalue weighted by atomic mass is 19.4. The molecule has 0 saturated carbocycles. The molecule has 4 nitrogen and oxygen atoms in total. The number of hydrogen-bond acceptors (Lipinski definition) is 2. The van der Waals surface area contributed by atoms with E-state index in [2.05, 4.69) is 10.6 Å². The highest BCUT2D eigenvalue weighted by Gasteiger charge is 2.33. The Morgan fingerprint density at radius 3 is 2.45 bits per heavy atom. The minimum Gasteiger partial charge on any atom is -0.335 e. The van der Waals surface area contributed by atoms with E-state index >= 15 is 0 Å². The highest BCUT2D eigenvalue weighted by Crippen LogP contribution is 2.34. The Hall–Kier alpha value is -1.76. The Labute approximate surface area is 115 Å². The van der Waals surface area contributed by atoms with Crippen LogP contribution in [0.2, 0.25) is 0 Å². The summed E-state index contributed by atoms with van der Waals surface area (Å²) in [5, 5.41) is 4.78. The Morgan fingerprint density at radius 2 is 1.90 bits per heavy atom. The van der Waals surface area contributed by atoms with Gasteiger partial charge in [-0.3, -0.25) is 0 Å². The number of para-hydroxylation sites is 1. The molecule has 0 saturated heterocycles. The second-order valence-electron chi connectivity index (χ2n) is 4.64. The van der Waals surface area contributed by atoms with Crippen LogP contribution in [0.3, 0.4) is 0 Å². The molecule has 0 heterocycles. The number of rotatable bonds is 4. The Morgan fingerprint density at radius 1 is 1.30 bits per heavy atom. The van der Waals surface area contributed by atoms with E-state index < -0.39 is 17.8 Å². The van der Waals surface area contributed by atoms with E-state index in [1.807, 2.05) is 6.92 Å². The molecule has 4 N–H and O–H groups in total. The molecule has 2 amide bonds. The average Bonchev–Trinajstić information content (AvgIpc) is 2.36. The maximum Gasteiger partial charge on any atom is 0.418 e. The number of carbonyl (C=O) groups excluding carboxylic acids is 1. The first kappa shape index (κ1) is 16.3. The van der Waals surface area contributed by atoms with Gasteiger partial charge in [-0.05, 0) is 31.5 Å². The number of nitrogens with two attached hydrogens (primary N) is 1. The normalized spacial score (nSPS) is 14.5. The lowest BCUT2D eigenvalue weighted by atomic mass is 10.0. The van der Waals surface area contributed by atoms with Gasteiger partial charge >= 0.3 is 12.2 Å². The van der Waals surface area contributed by atoms with E-state index in [0.29, 0.717) is 6.54 Å². The molecule has 0 aliphatic heterocycles. The summed E-state index contributed by atoms with van der Waals surface area (Å²) in [6.07, 6.45) is -4.51. The second kappa shape index (κ2) is 6.60. The van der Waals surface area contributed by atoms with Crippen LogP contribution >= 0.6 is 0 Å². The Kier molecular flexibility index (Phi) is 5.38. The van der Waals surface area contributed by atoms with Crippen molar-refractivity contribution in [1.82, 2.24) is 5.32 Å². The first-order valence-corrected chi connectivity index (χ1v) is 6.19. The van der Waals surface area contributed by atoms with Crippen molar-refractivity contribution < 1.29 is 18.0 Å².